The molecule has 2 heterocycles. The molecule has 1 aliphatic heterocycles. The van der Waals surface area contributed by atoms with Gasteiger partial charge in [0.05, 0.1) is 10.6 Å². The van der Waals surface area contributed by atoms with Gasteiger partial charge in [-0.3, -0.25) is 0 Å². The molecule has 1 saturated heterocycles. The minimum atomic E-state index is -0.572. The van der Waals surface area contributed by atoms with Gasteiger partial charge in [-0.2, -0.15) is 0 Å². The molecular formula is C14H9BrF2N2S2. The summed E-state index contributed by atoms with van der Waals surface area (Å²) in [5.74, 6) is -0.0384. The third kappa shape index (κ3) is 2.82. The second-order valence-electron chi connectivity index (χ2n) is 4.38. The highest BCUT2D eigenvalue weighted by atomic mass is 79.9. The highest BCUT2D eigenvalue weighted by Gasteiger charge is 2.35. The molecule has 7 heteroatoms. The number of nitrogens with zero attached hydrogens (tertiary/aromatic N) is 2. The molecule has 2 aromatic rings. The minimum Gasteiger partial charge on any atom is -0.303 e. The molecule has 0 N–H and O–H groups in total. The van der Waals surface area contributed by atoms with Gasteiger partial charge in [-0.15, -0.1) is 11.8 Å². The lowest BCUT2D eigenvalue weighted by atomic mass is 10.1. The molecule has 0 spiro atoms. The summed E-state index contributed by atoms with van der Waals surface area (Å²) in [5, 5.41) is -0.541. The molecule has 3 rings (SSSR count). The fourth-order valence-electron chi connectivity index (χ4n) is 2.16. The van der Waals surface area contributed by atoms with Crippen molar-refractivity contribution in [3.63, 3.8) is 0 Å². The lowest BCUT2D eigenvalue weighted by Crippen LogP contribution is -2.28. The fraction of sp³-hybridized carbons (Fsp3) is 0.143. The lowest BCUT2D eigenvalue weighted by molar-refractivity contribution is 0.555. The molecule has 21 heavy (non-hydrogen) atoms. The average molecular weight is 387 g/mol. The molecule has 1 atom stereocenters. The maximum Gasteiger partial charge on any atom is 0.135 e. The van der Waals surface area contributed by atoms with Crippen LogP contribution in [-0.2, 0) is 0 Å². The van der Waals surface area contributed by atoms with E-state index >= 15 is 0 Å². The summed E-state index contributed by atoms with van der Waals surface area (Å²) >= 11 is 10.0. The lowest BCUT2D eigenvalue weighted by Gasteiger charge is -2.25. The molecule has 1 unspecified atom stereocenters. The highest BCUT2D eigenvalue weighted by molar-refractivity contribution is 9.10. The maximum absolute atomic E-state index is 14.0. The van der Waals surface area contributed by atoms with Gasteiger partial charge >= 0.3 is 0 Å². The van der Waals surface area contributed by atoms with E-state index in [9.17, 15) is 8.78 Å². The molecule has 1 aromatic heterocycles. The van der Waals surface area contributed by atoms with E-state index in [-0.39, 0.29) is 5.56 Å². The Morgan fingerprint density at radius 2 is 1.86 bits per heavy atom. The molecular weight excluding hydrogens is 378 g/mol. The Morgan fingerprint density at radius 3 is 2.52 bits per heavy atom. The molecule has 0 saturated carbocycles. The van der Waals surface area contributed by atoms with Crippen LogP contribution in [0, 0.1) is 11.6 Å². The van der Waals surface area contributed by atoms with E-state index in [1.807, 2.05) is 6.07 Å². The number of thiocarbonyl (C=S) groups is 1. The number of aromatic nitrogens is 1. The molecule has 1 fully saturated rings. The van der Waals surface area contributed by atoms with Gasteiger partial charge < -0.3 is 4.90 Å². The van der Waals surface area contributed by atoms with Crippen LogP contribution in [0.3, 0.4) is 0 Å². The SMILES string of the molecule is Fc1cccc(F)c1C1SCC(=S)N1c1cccc(Br)n1. The predicted molar refractivity (Wildman–Crippen MR) is 88.6 cm³/mol. The molecule has 108 valence electrons. The summed E-state index contributed by atoms with van der Waals surface area (Å²) < 4.78 is 28.7. The van der Waals surface area contributed by atoms with Crippen molar-refractivity contribution in [1.82, 2.24) is 4.98 Å². The average Bonchev–Trinajstić information content (AvgIpc) is 2.80. The molecule has 1 aromatic carbocycles. The van der Waals surface area contributed by atoms with Gasteiger partial charge in [0.25, 0.3) is 0 Å². The largest absolute Gasteiger partial charge is 0.303 e. The normalized spacial score (nSPS) is 18.3. The monoisotopic (exact) mass is 386 g/mol. The predicted octanol–water partition coefficient (Wildman–Crippen LogP) is 4.70. The third-order valence-electron chi connectivity index (χ3n) is 3.06. The number of rotatable bonds is 2. The van der Waals surface area contributed by atoms with Crippen molar-refractivity contribution in [3.05, 3.63) is 58.2 Å². The van der Waals surface area contributed by atoms with Crippen LogP contribution in [0.5, 0.6) is 0 Å². The van der Waals surface area contributed by atoms with E-state index in [0.717, 1.165) is 0 Å². The van der Waals surface area contributed by atoms with Crippen molar-refractivity contribution in [1.29, 1.82) is 0 Å². The first-order chi connectivity index (χ1) is 10.1. The molecule has 0 amide bonds. The van der Waals surface area contributed by atoms with Crippen LogP contribution in [0.25, 0.3) is 0 Å². The number of halogens is 3. The summed E-state index contributed by atoms with van der Waals surface area (Å²) in [7, 11) is 0. The van der Waals surface area contributed by atoms with Gasteiger partial charge in [-0.05, 0) is 40.2 Å². The van der Waals surface area contributed by atoms with E-state index in [4.69, 9.17) is 12.2 Å². The minimum absolute atomic E-state index is 0.0177. The second-order valence-corrected chi connectivity index (χ2v) is 6.73. The molecule has 1 aliphatic rings. The summed E-state index contributed by atoms with van der Waals surface area (Å²) in [5.41, 5.74) is 0.0177. The van der Waals surface area contributed by atoms with Crippen LogP contribution in [-0.4, -0.2) is 15.7 Å². The number of thioether (sulfide) groups is 1. The Balaban J connectivity index is 2.08. The zero-order valence-electron chi connectivity index (χ0n) is 10.6. The van der Waals surface area contributed by atoms with Gasteiger partial charge in [0.2, 0.25) is 0 Å². The van der Waals surface area contributed by atoms with Crippen molar-refractivity contribution in [2.75, 3.05) is 10.7 Å². The van der Waals surface area contributed by atoms with Crippen LogP contribution in [0.4, 0.5) is 14.6 Å². The van der Waals surface area contributed by atoms with Crippen molar-refractivity contribution in [2.24, 2.45) is 0 Å². The van der Waals surface area contributed by atoms with Gasteiger partial charge in [0, 0.05) is 5.75 Å². The van der Waals surface area contributed by atoms with E-state index < -0.39 is 17.0 Å². The maximum atomic E-state index is 14.0. The Kier molecular flexibility index (Phi) is 4.24. The molecule has 0 bridgehead atoms. The summed E-state index contributed by atoms with van der Waals surface area (Å²) in [6.45, 7) is 0. The van der Waals surface area contributed by atoms with E-state index in [2.05, 4.69) is 20.9 Å². The van der Waals surface area contributed by atoms with Gasteiger partial charge in [0.15, 0.2) is 0 Å². The van der Waals surface area contributed by atoms with Crippen molar-refractivity contribution in [3.8, 4) is 0 Å². The first kappa shape index (κ1) is 14.9. The number of anilines is 1. The number of hydrogen-bond acceptors (Lipinski definition) is 3. The number of hydrogen-bond donors (Lipinski definition) is 0. The van der Waals surface area contributed by atoms with Crippen molar-refractivity contribution < 1.29 is 8.78 Å². The Morgan fingerprint density at radius 1 is 1.19 bits per heavy atom. The zero-order chi connectivity index (χ0) is 15.0. The quantitative estimate of drug-likeness (QED) is 0.548. The Labute approximate surface area is 138 Å². The van der Waals surface area contributed by atoms with Crippen LogP contribution < -0.4 is 4.90 Å². The fourth-order valence-corrected chi connectivity index (χ4v) is 4.18. The molecule has 0 aliphatic carbocycles. The molecule has 0 radical (unpaired) electrons. The second kappa shape index (κ2) is 5.98. The van der Waals surface area contributed by atoms with Crippen molar-refractivity contribution in [2.45, 2.75) is 5.37 Å². The van der Waals surface area contributed by atoms with Gasteiger partial charge in [0.1, 0.15) is 27.4 Å². The Bertz CT molecular complexity index is 691. The van der Waals surface area contributed by atoms with Gasteiger partial charge in [-0.1, -0.05) is 24.4 Å². The number of benzene rings is 1. The van der Waals surface area contributed by atoms with E-state index in [1.54, 1.807) is 17.0 Å². The highest BCUT2D eigenvalue weighted by Crippen LogP contribution is 2.43. The standard InChI is InChI=1S/C14H9BrF2N2S2/c15-10-5-2-6-11(18-10)19-12(20)7-21-14(19)13-8(16)3-1-4-9(13)17/h1-6,14H,7H2. The van der Waals surface area contributed by atoms with Crippen LogP contribution in [0.1, 0.15) is 10.9 Å². The van der Waals surface area contributed by atoms with Crippen LogP contribution >= 0.6 is 39.9 Å². The summed E-state index contributed by atoms with van der Waals surface area (Å²) in [6, 6.07) is 9.24. The van der Waals surface area contributed by atoms with E-state index in [0.29, 0.717) is 21.2 Å². The zero-order valence-corrected chi connectivity index (χ0v) is 13.8. The van der Waals surface area contributed by atoms with E-state index in [1.165, 1.54) is 30.0 Å². The number of pyridine rings is 1. The van der Waals surface area contributed by atoms with Crippen LogP contribution in [0.2, 0.25) is 0 Å². The van der Waals surface area contributed by atoms with Gasteiger partial charge in [-0.25, -0.2) is 13.8 Å². The molecule has 2 nitrogen and oxygen atoms in total. The first-order valence-corrected chi connectivity index (χ1v) is 8.33. The van der Waals surface area contributed by atoms with Crippen LogP contribution in [0.15, 0.2) is 41.0 Å². The smallest absolute Gasteiger partial charge is 0.135 e. The summed E-state index contributed by atoms with van der Waals surface area (Å²) in [4.78, 5) is 6.65. The first-order valence-electron chi connectivity index (χ1n) is 6.08. The van der Waals surface area contributed by atoms with Crippen molar-refractivity contribution >= 4 is 50.7 Å². The topological polar surface area (TPSA) is 16.1 Å². The third-order valence-corrected chi connectivity index (χ3v) is 5.23. The summed E-state index contributed by atoms with van der Waals surface area (Å²) in [6.07, 6.45) is 0. The Hall–Kier alpha value is -1.05.